The molecule has 1 aromatic rings. The van der Waals surface area contributed by atoms with Gasteiger partial charge in [0.2, 0.25) is 0 Å². The molecule has 3 heteroatoms. The number of aldehydes is 1. The maximum Gasteiger partial charge on any atom is 0.152 e. The van der Waals surface area contributed by atoms with E-state index in [1.54, 1.807) is 0 Å². The molecule has 0 heterocycles. The molecule has 3 nitrogen and oxygen atoms in total. The first kappa shape index (κ1) is 18.5. The third-order valence-electron chi connectivity index (χ3n) is 3.19. The number of anilines is 1. The van der Waals surface area contributed by atoms with Crippen molar-refractivity contribution in [3.63, 3.8) is 0 Å². The van der Waals surface area contributed by atoms with E-state index in [-0.39, 0.29) is 0 Å². The third-order valence-corrected chi connectivity index (χ3v) is 3.19. The van der Waals surface area contributed by atoms with Gasteiger partial charge < -0.3 is 9.80 Å². The van der Waals surface area contributed by atoms with Crippen molar-refractivity contribution in [1.29, 1.82) is 0 Å². The van der Waals surface area contributed by atoms with Crippen LogP contribution in [-0.4, -0.2) is 38.9 Å². The number of para-hydroxylation sites is 1. The zero-order chi connectivity index (χ0) is 17.1. The van der Waals surface area contributed by atoms with Gasteiger partial charge in [-0.25, -0.2) is 0 Å². The zero-order valence-electron chi connectivity index (χ0n) is 14.4. The predicted molar refractivity (Wildman–Crippen MR) is 101 cm³/mol. The van der Waals surface area contributed by atoms with Crippen molar-refractivity contribution in [1.82, 2.24) is 4.90 Å². The van der Waals surface area contributed by atoms with Crippen LogP contribution in [0.2, 0.25) is 0 Å². The first-order valence-corrected chi connectivity index (χ1v) is 7.68. The molecule has 0 aliphatic carbocycles. The van der Waals surface area contributed by atoms with Crippen molar-refractivity contribution < 1.29 is 4.79 Å². The summed E-state index contributed by atoms with van der Waals surface area (Å²) in [5.41, 5.74) is 2.65. The summed E-state index contributed by atoms with van der Waals surface area (Å²) in [4.78, 5) is 15.4. The lowest BCUT2D eigenvalue weighted by Gasteiger charge is -2.21. The highest BCUT2D eigenvalue weighted by molar-refractivity contribution is 6.09. The number of carbonyl (C=O) groups excluding carboxylic acids is 1. The number of rotatable bonds is 8. The highest BCUT2D eigenvalue weighted by Crippen LogP contribution is 2.25. The van der Waals surface area contributed by atoms with Crippen LogP contribution in [0.1, 0.15) is 12.5 Å². The molecule has 0 fully saturated rings. The number of hydrogen-bond donors (Lipinski definition) is 0. The van der Waals surface area contributed by atoms with Gasteiger partial charge in [0.15, 0.2) is 6.29 Å². The van der Waals surface area contributed by atoms with Gasteiger partial charge >= 0.3 is 0 Å². The molecule has 0 N–H and O–H groups in total. The third kappa shape index (κ3) is 6.39. The van der Waals surface area contributed by atoms with Gasteiger partial charge in [0.05, 0.1) is 0 Å². The van der Waals surface area contributed by atoms with Crippen molar-refractivity contribution in [3.8, 4) is 0 Å². The summed E-state index contributed by atoms with van der Waals surface area (Å²) in [5.74, 6) is 0. The zero-order valence-corrected chi connectivity index (χ0v) is 14.4. The van der Waals surface area contributed by atoms with E-state index in [0.29, 0.717) is 5.57 Å². The summed E-state index contributed by atoms with van der Waals surface area (Å²) in [6.45, 7) is 2.76. The molecule has 0 saturated heterocycles. The van der Waals surface area contributed by atoms with E-state index in [2.05, 4.69) is 11.0 Å². The number of nitrogens with zero attached hydrogens (tertiary/aromatic N) is 2. The summed E-state index contributed by atoms with van der Waals surface area (Å²) in [6, 6.07) is 7.95. The Bertz CT molecular complexity index is 610. The fourth-order valence-corrected chi connectivity index (χ4v) is 2.13. The Kier molecular flexibility index (Phi) is 8.22. The van der Waals surface area contributed by atoms with Crippen LogP contribution in [0.3, 0.4) is 0 Å². The summed E-state index contributed by atoms with van der Waals surface area (Å²) >= 11 is 0. The van der Waals surface area contributed by atoms with Gasteiger partial charge in [-0.05, 0) is 13.0 Å². The van der Waals surface area contributed by atoms with Gasteiger partial charge in [0.25, 0.3) is 0 Å². The minimum Gasteiger partial charge on any atom is -0.383 e. The fraction of sp³-hybridized carbons (Fsp3) is 0.250. The van der Waals surface area contributed by atoms with Crippen LogP contribution in [0, 0.1) is 0 Å². The summed E-state index contributed by atoms with van der Waals surface area (Å²) < 4.78 is 0. The van der Waals surface area contributed by atoms with Gasteiger partial charge in [-0.3, -0.25) is 4.79 Å². The second kappa shape index (κ2) is 10.2. The van der Waals surface area contributed by atoms with Crippen LogP contribution < -0.4 is 4.90 Å². The average molecular weight is 310 g/mol. The Balaban J connectivity index is 2.93. The molecule has 23 heavy (non-hydrogen) atoms. The summed E-state index contributed by atoms with van der Waals surface area (Å²) in [7, 11) is 5.85. The molecule has 0 radical (unpaired) electrons. The molecule has 0 amide bonds. The number of carbonyl (C=O) groups is 1. The Morgan fingerprint density at radius 3 is 2.39 bits per heavy atom. The van der Waals surface area contributed by atoms with Crippen LogP contribution in [0.25, 0.3) is 5.57 Å². The van der Waals surface area contributed by atoms with Gasteiger partial charge in [-0.1, -0.05) is 54.7 Å². The average Bonchev–Trinajstić information content (AvgIpc) is 2.55. The van der Waals surface area contributed by atoms with Crippen LogP contribution >= 0.6 is 0 Å². The van der Waals surface area contributed by atoms with E-state index in [0.717, 1.165) is 24.1 Å². The van der Waals surface area contributed by atoms with Crippen molar-refractivity contribution in [2.24, 2.45) is 0 Å². The highest BCUT2D eigenvalue weighted by Gasteiger charge is 2.10. The molecular weight excluding hydrogens is 284 g/mol. The molecule has 0 atom stereocenters. The van der Waals surface area contributed by atoms with E-state index in [9.17, 15) is 4.79 Å². The fourth-order valence-electron chi connectivity index (χ4n) is 2.13. The molecule has 122 valence electrons. The molecule has 0 saturated carbocycles. The molecular formula is C20H26N2O. The molecule has 1 rings (SSSR count). The molecule has 0 aliphatic rings. The Labute approximate surface area is 139 Å². The van der Waals surface area contributed by atoms with E-state index in [1.165, 1.54) is 0 Å². The Hall–Kier alpha value is -2.55. The molecule has 0 bridgehead atoms. The standard InChI is InChI=1S/C20H26N2O/c1-5-6-7-8-9-12-15-22(4)20-14-11-10-13-19(20)18(17-23)16-21(2)3/h5-14,16-17H,15H2,1-4H3/b6-5-,8-7-,12-9+,18-16+. The monoisotopic (exact) mass is 310 g/mol. The largest absolute Gasteiger partial charge is 0.383 e. The smallest absolute Gasteiger partial charge is 0.152 e. The van der Waals surface area contributed by atoms with Gasteiger partial charge in [-0.15, -0.1) is 0 Å². The minimum absolute atomic E-state index is 0.675. The Morgan fingerprint density at radius 1 is 1.04 bits per heavy atom. The Morgan fingerprint density at radius 2 is 1.74 bits per heavy atom. The number of benzene rings is 1. The molecule has 0 aliphatic heterocycles. The lowest BCUT2D eigenvalue weighted by molar-refractivity contribution is -0.103. The van der Waals surface area contributed by atoms with E-state index in [4.69, 9.17) is 0 Å². The first-order chi connectivity index (χ1) is 11.1. The SMILES string of the molecule is C\C=C/C=C\C=C\CN(C)c1ccccc1/C(C=O)=C/N(C)C. The van der Waals surface area contributed by atoms with Crippen LogP contribution in [-0.2, 0) is 4.79 Å². The minimum atomic E-state index is 0.675. The van der Waals surface area contributed by atoms with Crippen LogP contribution in [0.4, 0.5) is 5.69 Å². The molecule has 0 aromatic heterocycles. The van der Waals surface area contributed by atoms with Gasteiger partial charge in [-0.2, -0.15) is 0 Å². The van der Waals surface area contributed by atoms with Crippen molar-refractivity contribution in [2.75, 3.05) is 32.6 Å². The normalized spacial score (nSPS) is 12.4. The summed E-state index contributed by atoms with van der Waals surface area (Å²) in [6.07, 6.45) is 14.8. The summed E-state index contributed by atoms with van der Waals surface area (Å²) in [5, 5.41) is 0. The van der Waals surface area contributed by atoms with Crippen molar-refractivity contribution in [2.45, 2.75) is 6.92 Å². The quantitative estimate of drug-likeness (QED) is 0.413. The lowest BCUT2D eigenvalue weighted by Crippen LogP contribution is -2.18. The maximum atomic E-state index is 11.4. The second-order valence-electron chi connectivity index (χ2n) is 5.40. The van der Waals surface area contributed by atoms with E-state index < -0.39 is 0 Å². The predicted octanol–water partition coefficient (Wildman–Crippen LogP) is 3.91. The van der Waals surface area contributed by atoms with Gasteiger partial charge in [0.1, 0.15) is 0 Å². The van der Waals surface area contributed by atoms with Crippen molar-refractivity contribution >= 4 is 17.5 Å². The molecule has 0 spiro atoms. The first-order valence-electron chi connectivity index (χ1n) is 7.68. The van der Waals surface area contributed by atoms with Crippen LogP contribution in [0.5, 0.6) is 0 Å². The van der Waals surface area contributed by atoms with E-state index >= 15 is 0 Å². The second-order valence-corrected chi connectivity index (χ2v) is 5.40. The number of allylic oxidation sites excluding steroid dienone is 6. The van der Waals surface area contributed by atoms with Crippen molar-refractivity contribution in [3.05, 3.63) is 72.5 Å². The molecule has 1 aromatic carbocycles. The topological polar surface area (TPSA) is 23.6 Å². The lowest BCUT2D eigenvalue weighted by atomic mass is 10.0. The maximum absolute atomic E-state index is 11.4. The van der Waals surface area contributed by atoms with Gasteiger partial charge in [0, 0.05) is 50.7 Å². The molecule has 0 unspecified atom stereocenters. The van der Waals surface area contributed by atoms with E-state index in [1.807, 2.05) is 93.8 Å². The van der Waals surface area contributed by atoms with Crippen LogP contribution in [0.15, 0.2) is 66.9 Å². The highest BCUT2D eigenvalue weighted by atomic mass is 16.1. The number of likely N-dealkylation sites (N-methyl/N-ethyl adjacent to an activating group) is 1. The number of hydrogen-bond acceptors (Lipinski definition) is 3.